The Kier molecular flexibility index (Phi) is 3.69. The van der Waals surface area contributed by atoms with Crippen LogP contribution in [0.3, 0.4) is 0 Å². The van der Waals surface area contributed by atoms with Crippen LogP contribution in [0.25, 0.3) is 22.5 Å². The van der Waals surface area contributed by atoms with E-state index < -0.39 is 0 Å². The van der Waals surface area contributed by atoms with Crippen LogP contribution in [0.4, 0.5) is 5.88 Å². The Morgan fingerprint density at radius 2 is 1.74 bits per heavy atom. The maximum absolute atomic E-state index is 6.48. The third-order valence-electron chi connectivity index (χ3n) is 5.80. The van der Waals surface area contributed by atoms with Gasteiger partial charge in [-0.1, -0.05) is 54.6 Å². The Morgan fingerprint density at radius 3 is 2.41 bits per heavy atom. The molecule has 2 aliphatic rings. The predicted octanol–water partition coefficient (Wildman–Crippen LogP) is 5.06. The summed E-state index contributed by atoms with van der Waals surface area (Å²) >= 11 is 0. The van der Waals surface area contributed by atoms with E-state index in [9.17, 15) is 0 Å². The molecular weight excluding hydrogens is 334 g/mol. The number of benzene rings is 2. The lowest BCUT2D eigenvalue weighted by Crippen LogP contribution is -2.43. The fraction of sp³-hybridized carbons (Fsp3) is 0.261. The van der Waals surface area contributed by atoms with E-state index in [4.69, 9.17) is 10.2 Å². The van der Waals surface area contributed by atoms with Crippen LogP contribution in [0.2, 0.25) is 0 Å². The minimum atomic E-state index is -0.143. The fourth-order valence-electron chi connectivity index (χ4n) is 4.06. The molecule has 2 aromatic carbocycles. The molecule has 0 atom stereocenters. The topological polar surface area (TPSA) is 54.8 Å². The van der Waals surface area contributed by atoms with Gasteiger partial charge in [-0.15, -0.1) is 0 Å². The zero-order valence-corrected chi connectivity index (χ0v) is 15.5. The van der Waals surface area contributed by atoms with Crippen LogP contribution in [-0.4, -0.2) is 18.3 Å². The van der Waals surface area contributed by atoms with Gasteiger partial charge in [-0.3, -0.25) is 0 Å². The monoisotopic (exact) mass is 357 g/mol. The minimum Gasteiger partial charge on any atom is -0.437 e. The van der Waals surface area contributed by atoms with E-state index in [2.05, 4.69) is 58.4 Å². The van der Waals surface area contributed by atoms with Gasteiger partial charge < -0.3 is 15.1 Å². The van der Waals surface area contributed by atoms with E-state index in [1.165, 1.54) is 12.0 Å². The number of hydrogen-bond donors (Lipinski definition) is 1. The lowest BCUT2D eigenvalue weighted by atomic mass is 9.72. The van der Waals surface area contributed by atoms with Gasteiger partial charge in [0.25, 0.3) is 0 Å². The van der Waals surface area contributed by atoms with Crippen LogP contribution >= 0.6 is 0 Å². The molecule has 0 radical (unpaired) electrons. The van der Waals surface area contributed by atoms with Crippen molar-refractivity contribution in [3.05, 3.63) is 65.7 Å². The molecule has 0 spiro atoms. The highest BCUT2D eigenvalue weighted by molar-refractivity contribution is 5.87. The molecule has 1 aliphatic carbocycles. The lowest BCUT2D eigenvalue weighted by Gasteiger charge is -2.38. The van der Waals surface area contributed by atoms with Crippen LogP contribution in [0.5, 0.6) is 0 Å². The fourth-order valence-corrected chi connectivity index (χ4v) is 4.06. The van der Waals surface area contributed by atoms with Gasteiger partial charge in [0.1, 0.15) is 5.76 Å². The van der Waals surface area contributed by atoms with E-state index in [1.807, 2.05) is 19.5 Å². The molecule has 2 heterocycles. The van der Waals surface area contributed by atoms with Crippen molar-refractivity contribution in [2.75, 3.05) is 7.05 Å². The van der Waals surface area contributed by atoms with Crippen LogP contribution in [0.1, 0.15) is 30.4 Å². The number of fused-ring (bicyclic) bond motifs is 1. The Labute approximate surface area is 159 Å². The highest BCUT2D eigenvalue weighted by atomic mass is 16.4. The molecule has 1 saturated carbocycles. The number of furan rings is 1. The summed E-state index contributed by atoms with van der Waals surface area (Å²) < 4.78 is 6.24. The Hall–Kier alpha value is -2.85. The highest BCUT2D eigenvalue weighted by Gasteiger charge is 2.34. The summed E-state index contributed by atoms with van der Waals surface area (Å²) in [4.78, 5) is 6.58. The van der Waals surface area contributed by atoms with Gasteiger partial charge in [0.05, 0.1) is 6.34 Å². The van der Waals surface area contributed by atoms with Crippen molar-refractivity contribution in [3.63, 3.8) is 0 Å². The van der Waals surface area contributed by atoms with Crippen LogP contribution < -0.4 is 5.73 Å². The largest absolute Gasteiger partial charge is 0.437 e. The van der Waals surface area contributed by atoms with Crippen molar-refractivity contribution in [2.24, 2.45) is 10.7 Å². The zero-order chi connectivity index (χ0) is 18.4. The maximum atomic E-state index is 6.48. The Balaban J connectivity index is 1.63. The third-order valence-corrected chi connectivity index (χ3v) is 5.80. The van der Waals surface area contributed by atoms with Crippen LogP contribution in [-0.2, 0) is 12.1 Å². The lowest BCUT2D eigenvalue weighted by molar-refractivity contribution is 0.253. The number of aliphatic imine (C=N–C) groups is 1. The number of nitrogens with zero attached hydrogens (tertiary/aromatic N) is 2. The SMILES string of the molecule is CN1C=Nc2oc(-c3ccc(C4(N)CCC4)cc3)c(-c3ccccc3)c2C1. The number of rotatable bonds is 3. The molecule has 0 saturated heterocycles. The van der Waals surface area contributed by atoms with Gasteiger partial charge in [0, 0.05) is 35.8 Å². The first-order valence-corrected chi connectivity index (χ1v) is 9.49. The zero-order valence-electron chi connectivity index (χ0n) is 15.5. The first-order valence-electron chi connectivity index (χ1n) is 9.49. The quantitative estimate of drug-likeness (QED) is 0.713. The first-order chi connectivity index (χ1) is 13.1. The van der Waals surface area contributed by atoms with Gasteiger partial charge in [0.2, 0.25) is 5.88 Å². The molecule has 4 nitrogen and oxygen atoms in total. The second-order valence-corrected chi connectivity index (χ2v) is 7.70. The van der Waals surface area contributed by atoms with Gasteiger partial charge in [-0.25, -0.2) is 4.99 Å². The molecule has 1 fully saturated rings. The van der Waals surface area contributed by atoms with Gasteiger partial charge >= 0.3 is 0 Å². The third kappa shape index (κ3) is 2.68. The van der Waals surface area contributed by atoms with Crippen molar-refractivity contribution in [1.82, 2.24) is 4.90 Å². The van der Waals surface area contributed by atoms with Crippen molar-refractivity contribution >= 4 is 12.2 Å². The number of hydrogen-bond acceptors (Lipinski definition) is 4. The second kappa shape index (κ2) is 6.10. The average molecular weight is 357 g/mol. The highest BCUT2D eigenvalue weighted by Crippen LogP contribution is 2.45. The summed E-state index contributed by atoms with van der Waals surface area (Å²) in [5, 5.41) is 0. The van der Waals surface area contributed by atoms with Gasteiger partial charge in [-0.2, -0.15) is 0 Å². The summed E-state index contributed by atoms with van der Waals surface area (Å²) in [5.41, 5.74) is 12.0. The van der Waals surface area contributed by atoms with Crippen LogP contribution in [0, 0.1) is 0 Å². The molecule has 136 valence electrons. The van der Waals surface area contributed by atoms with E-state index in [-0.39, 0.29) is 5.54 Å². The normalized spacial score (nSPS) is 17.5. The molecule has 0 unspecified atom stereocenters. The van der Waals surface area contributed by atoms with Crippen molar-refractivity contribution in [1.29, 1.82) is 0 Å². The van der Waals surface area contributed by atoms with Crippen molar-refractivity contribution < 1.29 is 4.42 Å². The minimum absolute atomic E-state index is 0.143. The van der Waals surface area contributed by atoms with Crippen LogP contribution in [0.15, 0.2) is 64.0 Å². The summed E-state index contributed by atoms with van der Waals surface area (Å²) in [7, 11) is 2.03. The standard InChI is InChI=1S/C23H23N3O/c1-26-14-19-20(16-6-3-2-4-7-16)21(27-22(19)25-15-26)17-8-10-18(11-9-17)23(24)12-5-13-23/h2-4,6-11,15H,5,12-14,24H2,1H3. The molecule has 1 aromatic heterocycles. The molecule has 1 aliphatic heterocycles. The second-order valence-electron chi connectivity index (χ2n) is 7.70. The Bertz CT molecular complexity index is 998. The summed E-state index contributed by atoms with van der Waals surface area (Å²) in [6.45, 7) is 0.788. The molecular formula is C23H23N3O. The smallest absolute Gasteiger partial charge is 0.226 e. The molecule has 0 bridgehead atoms. The summed E-state index contributed by atoms with van der Waals surface area (Å²) in [6.07, 6.45) is 5.17. The molecule has 5 rings (SSSR count). The van der Waals surface area contributed by atoms with Gasteiger partial charge in [0.15, 0.2) is 0 Å². The van der Waals surface area contributed by atoms with E-state index >= 15 is 0 Å². The van der Waals surface area contributed by atoms with E-state index in [0.717, 1.165) is 47.4 Å². The maximum Gasteiger partial charge on any atom is 0.226 e. The number of nitrogens with two attached hydrogens (primary N) is 1. The molecule has 2 N–H and O–H groups in total. The molecule has 4 heteroatoms. The van der Waals surface area contributed by atoms with E-state index in [1.54, 1.807) is 0 Å². The van der Waals surface area contributed by atoms with Crippen molar-refractivity contribution in [3.8, 4) is 22.5 Å². The van der Waals surface area contributed by atoms with Crippen molar-refractivity contribution in [2.45, 2.75) is 31.3 Å². The molecule has 3 aromatic rings. The first kappa shape index (κ1) is 16.3. The van der Waals surface area contributed by atoms with Gasteiger partial charge in [-0.05, 0) is 30.4 Å². The molecule has 27 heavy (non-hydrogen) atoms. The predicted molar refractivity (Wildman–Crippen MR) is 109 cm³/mol. The average Bonchev–Trinajstić information content (AvgIpc) is 3.05. The van der Waals surface area contributed by atoms with E-state index in [0.29, 0.717) is 5.88 Å². The summed E-state index contributed by atoms with van der Waals surface area (Å²) in [5.74, 6) is 1.59. The molecule has 0 amide bonds. The summed E-state index contributed by atoms with van der Waals surface area (Å²) in [6, 6.07) is 19.0. The Morgan fingerprint density at radius 1 is 1.00 bits per heavy atom.